The average molecular weight is 439 g/mol. The van der Waals surface area contributed by atoms with Crippen LogP contribution in [0, 0.1) is 11.3 Å². The second kappa shape index (κ2) is 9.26. The van der Waals surface area contributed by atoms with Gasteiger partial charge in [-0.3, -0.25) is 4.79 Å². The van der Waals surface area contributed by atoms with Gasteiger partial charge in [0.2, 0.25) is 0 Å². The van der Waals surface area contributed by atoms with E-state index in [1.54, 1.807) is 6.07 Å². The van der Waals surface area contributed by atoms with Gasteiger partial charge in [-0.2, -0.15) is 5.26 Å². The van der Waals surface area contributed by atoms with Crippen LogP contribution in [0.25, 0.3) is 6.08 Å². The molecule has 3 rings (SSSR count). The Morgan fingerprint density at radius 1 is 1.15 bits per heavy atom. The fourth-order valence-electron chi connectivity index (χ4n) is 2.27. The molecule has 0 fully saturated rings. The SMILES string of the molecule is N#C/C(=C/c1cc(Br)c(Sc2ccccc2)o1)C(=O)NCc1ccccc1. The molecule has 0 saturated carbocycles. The molecule has 134 valence electrons. The highest BCUT2D eigenvalue weighted by Gasteiger charge is 2.13. The van der Waals surface area contributed by atoms with Crippen molar-refractivity contribution in [2.24, 2.45) is 0 Å². The Hall–Kier alpha value is -2.75. The highest BCUT2D eigenvalue weighted by atomic mass is 79.9. The second-order valence-corrected chi connectivity index (χ2v) is 7.44. The van der Waals surface area contributed by atoms with E-state index in [1.165, 1.54) is 17.8 Å². The van der Waals surface area contributed by atoms with Gasteiger partial charge in [-0.25, -0.2) is 0 Å². The molecule has 1 N–H and O–H groups in total. The number of halogens is 1. The number of benzene rings is 2. The van der Waals surface area contributed by atoms with E-state index in [0.717, 1.165) is 14.9 Å². The monoisotopic (exact) mass is 438 g/mol. The van der Waals surface area contributed by atoms with Crippen LogP contribution >= 0.6 is 27.7 Å². The van der Waals surface area contributed by atoms with E-state index < -0.39 is 5.91 Å². The molecular formula is C21H15BrN2O2S. The lowest BCUT2D eigenvalue weighted by atomic mass is 10.2. The van der Waals surface area contributed by atoms with E-state index in [0.29, 0.717) is 17.4 Å². The van der Waals surface area contributed by atoms with Crippen LogP contribution in [0.1, 0.15) is 11.3 Å². The molecule has 4 nitrogen and oxygen atoms in total. The number of nitrogens with one attached hydrogen (secondary N) is 1. The Morgan fingerprint density at radius 2 is 1.81 bits per heavy atom. The molecule has 1 amide bonds. The molecule has 2 aromatic carbocycles. The molecule has 3 aromatic rings. The Morgan fingerprint density at radius 3 is 2.48 bits per heavy atom. The fourth-order valence-corrected chi connectivity index (χ4v) is 3.62. The van der Waals surface area contributed by atoms with Crippen LogP contribution in [0.3, 0.4) is 0 Å². The molecule has 27 heavy (non-hydrogen) atoms. The van der Waals surface area contributed by atoms with Crippen LogP contribution in [0.2, 0.25) is 0 Å². The molecule has 0 aliphatic heterocycles. The van der Waals surface area contributed by atoms with Crippen LogP contribution in [0.4, 0.5) is 0 Å². The smallest absolute Gasteiger partial charge is 0.262 e. The summed E-state index contributed by atoms with van der Waals surface area (Å²) in [5.41, 5.74) is 0.953. The van der Waals surface area contributed by atoms with Crippen molar-refractivity contribution in [3.05, 3.63) is 88.1 Å². The summed E-state index contributed by atoms with van der Waals surface area (Å²) >= 11 is 4.92. The van der Waals surface area contributed by atoms with Crippen LogP contribution in [-0.2, 0) is 11.3 Å². The average Bonchev–Trinajstić information content (AvgIpc) is 3.04. The van der Waals surface area contributed by atoms with Crippen molar-refractivity contribution in [3.63, 3.8) is 0 Å². The van der Waals surface area contributed by atoms with E-state index >= 15 is 0 Å². The van der Waals surface area contributed by atoms with Crippen LogP contribution < -0.4 is 5.32 Å². The summed E-state index contributed by atoms with van der Waals surface area (Å²) in [7, 11) is 0. The Bertz CT molecular complexity index is 992. The first-order chi connectivity index (χ1) is 13.2. The molecule has 6 heteroatoms. The second-order valence-electron chi connectivity index (χ2n) is 5.54. The third-order valence-electron chi connectivity index (χ3n) is 3.58. The topological polar surface area (TPSA) is 66.0 Å². The predicted octanol–water partition coefficient (Wildman–Crippen LogP) is 5.42. The molecule has 1 aromatic heterocycles. The summed E-state index contributed by atoms with van der Waals surface area (Å²) in [5.74, 6) is -0.00199. The van der Waals surface area contributed by atoms with Gasteiger partial charge in [-0.1, -0.05) is 60.3 Å². The van der Waals surface area contributed by atoms with Gasteiger partial charge < -0.3 is 9.73 Å². The van der Waals surface area contributed by atoms with Gasteiger partial charge in [-0.15, -0.1) is 0 Å². The quantitative estimate of drug-likeness (QED) is 0.412. The van der Waals surface area contributed by atoms with Crippen molar-refractivity contribution in [1.82, 2.24) is 5.32 Å². The standard InChI is InChI=1S/C21H15BrN2O2S/c22-19-12-17(26-21(19)27-18-9-5-2-6-10-18)11-16(13-23)20(25)24-14-15-7-3-1-4-8-15/h1-12H,14H2,(H,24,25)/b16-11-. The predicted molar refractivity (Wildman–Crippen MR) is 109 cm³/mol. The van der Waals surface area contributed by atoms with E-state index in [1.807, 2.05) is 66.7 Å². The van der Waals surface area contributed by atoms with Crippen molar-refractivity contribution in [2.75, 3.05) is 0 Å². The molecule has 0 radical (unpaired) electrons. The first-order valence-electron chi connectivity index (χ1n) is 8.12. The zero-order chi connectivity index (χ0) is 19.1. The molecule has 0 saturated heterocycles. The zero-order valence-corrected chi connectivity index (χ0v) is 16.6. The van der Waals surface area contributed by atoms with Crippen LogP contribution in [0.15, 0.2) is 91.2 Å². The van der Waals surface area contributed by atoms with Crippen molar-refractivity contribution in [3.8, 4) is 6.07 Å². The maximum Gasteiger partial charge on any atom is 0.262 e. The maximum atomic E-state index is 12.3. The molecule has 0 unspecified atom stereocenters. The van der Waals surface area contributed by atoms with Gasteiger partial charge in [0.25, 0.3) is 5.91 Å². The summed E-state index contributed by atoms with van der Waals surface area (Å²) < 4.78 is 6.54. The lowest BCUT2D eigenvalue weighted by Crippen LogP contribution is -2.23. The van der Waals surface area contributed by atoms with Gasteiger partial charge >= 0.3 is 0 Å². The van der Waals surface area contributed by atoms with Crippen molar-refractivity contribution >= 4 is 39.7 Å². The molecule has 0 bridgehead atoms. The Kier molecular flexibility index (Phi) is 6.53. The van der Waals surface area contributed by atoms with Crippen molar-refractivity contribution < 1.29 is 9.21 Å². The van der Waals surface area contributed by atoms with Crippen molar-refractivity contribution in [1.29, 1.82) is 5.26 Å². The number of carbonyl (C=O) groups is 1. The first-order valence-corrected chi connectivity index (χ1v) is 9.73. The van der Waals surface area contributed by atoms with E-state index in [-0.39, 0.29) is 5.57 Å². The molecule has 0 aliphatic rings. The third-order valence-corrected chi connectivity index (χ3v) is 5.42. The van der Waals surface area contributed by atoms with Gasteiger partial charge in [0.15, 0.2) is 5.09 Å². The lowest BCUT2D eigenvalue weighted by Gasteiger charge is -2.03. The van der Waals surface area contributed by atoms with E-state index in [4.69, 9.17) is 4.42 Å². The number of amides is 1. The highest BCUT2D eigenvalue weighted by Crippen LogP contribution is 2.36. The molecule has 0 spiro atoms. The number of hydrogen-bond acceptors (Lipinski definition) is 4. The van der Waals surface area contributed by atoms with E-state index in [2.05, 4.69) is 21.2 Å². The summed E-state index contributed by atoms with van der Waals surface area (Å²) in [6, 6.07) is 23.0. The minimum Gasteiger partial charge on any atom is -0.449 e. The largest absolute Gasteiger partial charge is 0.449 e. The summed E-state index contributed by atoms with van der Waals surface area (Å²) in [5, 5.41) is 12.7. The molecule has 0 aliphatic carbocycles. The number of nitriles is 1. The van der Waals surface area contributed by atoms with Gasteiger partial charge in [0.1, 0.15) is 17.4 Å². The first kappa shape index (κ1) is 19.0. The summed E-state index contributed by atoms with van der Waals surface area (Å²) in [6.07, 6.45) is 1.44. The zero-order valence-electron chi connectivity index (χ0n) is 14.2. The third kappa shape index (κ3) is 5.36. The summed E-state index contributed by atoms with van der Waals surface area (Å²) in [4.78, 5) is 13.3. The molecule has 0 atom stereocenters. The van der Waals surface area contributed by atoms with Gasteiger partial charge in [-0.05, 0) is 39.7 Å². The Balaban J connectivity index is 1.71. The van der Waals surface area contributed by atoms with E-state index in [9.17, 15) is 10.1 Å². The highest BCUT2D eigenvalue weighted by molar-refractivity contribution is 9.10. The molecule has 1 heterocycles. The normalized spacial score (nSPS) is 11.0. The maximum absolute atomic E-state index is 12.3. The minimum atomic E-state index is -0.439. The number of furan rings is 1. The summed E-state index contributed by atoms with van der Waals surface area (Å²) in [6.45, 7) is 0.357. The minimum absolute atomic E-state index is 0.0107. The number of hydrogen-bond donors (Lipinski definition) is 1. The Labute approximate surface area is 170 Å². The van der Waals surface area contributed by atoms with Crippen LogP contribution in [0.5, 0.6) is 0 Å². The number of nitrogens with zero attached hydrogens (tertiary/aromatic N) is 1. The number of rotatable bonds is 6. The number of carbonyl (C=O) groups excluding carboxylic acids is 1. The molecular weight excluding hydrogens is 424 g/mol. The van der Waals surface area contributed by atoms with Crippen LogP contribution in [-0.4, -0.2) is 5.91 Å². The fraction of sp³-hybridized carbons (Fsp3) is 0.0476. The van der Waals surface area contributed by atoms with Gasteiger partial charge in [0.05, 0.1) is 4.47 Å². The lowest BCUT2D eigenvalue weighted by molar-refractivity contribution is -0.117. The van der Waals surface area contributed by atoms with Crippen molar-refractivity contribution in [2.45, 2.75) is 16.5 Å². The van der Waals surface area contributed by atoms with Gasteiger partial charge in [0, 0.05) is 17.5 Å².